The van der Waals surface area contributed by atoms with Crippen LogP contribution in [0.4, 0.5) is 5.69 Å². The summed E-state index contributed by atoms with van der Waals surface area (Å²) in [5, 5.41) is 10.1. The van der Waals surface area contributed by atoms with Gasteiger partial charge in [-0.05, 0) is 51.2 Å². The maximum atomic E-state index is 12.9. The number of nitrogen functional groups attached to an aromatic ring is 1. The van der Waals surface area contributed by atoms with Crippen molar-refractivity contribution in [2.24, 2.45) is 0 Å². The van der Waals surface area contributed by atoms with E-state index in [1.165, 1.54) is 4.31 Å². The second-order valence-electron chi connectivity index (χ2n) is 6.20. The Morgan fingerprint density at radius 3 is 2.48 bits per heavy atom. The van der Waals surface area contributed by atoms with Gasteiger partial charge in [0.05, 0.1) is 11.3 Å². The van der Waals surface area contributed by atoms with Crippen molar-refractivity contribution in [1.82, 2.24) is 4.31 Å². The molecule has 0 radical (unpaired) electrons. The summed E-state index contributed by atoms with van der Waals surface area (Å²) in [7, 11) is -3.62. The van der Waals surface area contributed by atoms with Gasteiger partial charge in [-0.3, -0.25) is 0 Å². The van der Waals surface area contributed by atoms with E-state index in [0.29, 0.717) is 43.6 Å². The molecule has 1 heterocycles. The Hall–Kier alpha value is -1.11. The molecule has 118 valence electrons. The average molecular weight is 312 g/mol. The number of nitrogens with two attached hydrogens (primary N) is 1. The smallest absolute Gasteiger partial charge is 0.245 e. The second kappa shape index (κ2) is 5.59. The van der Waals surface area contributed by atoms with Gasteiger partial charge in [0.25, 0.3) is 0 Å². The third kappa shape index (κ3) is 3.22. The van der Waals surface area contributed by atoms with Gasteiger partial charge in [0.2, 0.25) is 10.0 Å². The van der Waals surface area contributed by atoms with Crippen molar-refractivity contribution in [1.29, 1.82) is 0 Å². The summed E-state index contributed by atoms with van der Waals surface area (Å²) >= 11 is 0. The molecule has 0 amide bonds. The number of hydrogen-bond acceptors (Lipinski definition) is 4. The summed E-state index contributed by atoms with van der Waals surface area (Å²) < 4.78 is 27.3. The summed E-state index contributed by atoms with van der Waals surface area (Å²) in [5.74, 6) is 0. The fourth-order valence-corrected chi connectivity index (χ4v) is 4.63. The predicted octanol–water partition coefficient (Wildman–Crippen LogP) is 1.81. The van der Waals surface area contributed by atoms with E-state index in [2.05, 4.69) is 0 Å². The molecule has 0 aliphatic carbocycles. The minimum Gasteiger partial charge on any atom is -0.397 e. The van der Waals surface area contributed by atoms with Gasteiger partial charge in [-0.1, -0.05) is 12.1 Å². The first-order chi connectivity index (χ1) is 9.65. The highest BCUT2D eigenvalue weighted by Gasteiger charge is 2.33. The molecular formula is C15H24N2O3S. The lowest BCUT2D eigenvalue weighted by atomic mass is 9.98. The maximum Gasteiger partial charge on any atom is 0.245 e. The molecule has 1 aromatic carbocycles. The van der Waals surface area contributed by atoms with Gasteiger partial charge >= 0.3 is 0 Å². The quantitative estimate of drug-likeness (QED) is 0.816. The van der Waals surface area contributed by atoms with Crippen LogP contribution in [-0.4, -0.2) is 36.5 Å². The first-order valence-electron chi connectivity index (χ1n) is 7.23. The summed E-state index contributed by atoms with van der Waals surface area (Å²) in [5.41, 5.74) is 6.97. The maximum absolute atomic E-state index is 12.9. The Labute approximate surface area is 126 Å². The van der Waals surface area contributed by atoms with E-state index < -0.39 is 15.6 Å². The highest BCUT2D eigenvalue weighted by molar-refractivity contribution is 7.89. The molecule has 1 aliphatic heterocycles. The number of rotatable bonds is 2. The highest BCUT2D eigenvalue weighted by atomic mass is 32.2. The Kier molecular flexibility index (Phi) is 4.33. The molecular weight excluding hydrogens is 288 g/mol. The Balaban J connectivity index is 2.41. The standard InChI is InChI=1S/C15H24N2O3S/c1-11-5-6-12(2)14(13(11)16)21(19,20)17-9-4-7-15(3,18)8-10-17/h5-6,18H,4,7-10,16H2,1-3H3. The van der Waals surface area contributed by atoms with E-state index in [1.54, 1.807) is 26.8 Å². The van der Waals surface area contributed by atoms with Gasteiger partial charge in [0, 0.05) is 13.1 Å². The van der Waals surface area contributed by atoms with Gasteiger partial charge < -0.3 is 10.8 Å². The molecule has 1 unspecified atom stereocenters. The van der Waals surface area contributed by atoms with E-state index >= 15 is 0 Å². The van der Waals surface area contributed by atoms with Crippen LogP contribution in [0, 0.1) is 13.8 Å². The number of sulfonamides is 1. The van der Waals surface area contributed by atoms with Gasteiger partial charge in [0.1, 0.15) is 4.90 Å². The van der Waals surface area contributed by atoms with Crippen molar-refractivity contribution in [3.05, 3.63) is 23.3 Å². The summed E-state index contributed by atoms with van der Waals surface area (Å²) in [4.78, 5) is 0.212. The van der Waals surface area contributed by atoms with E-state index in [1.807, 2.05) is 6.07 Å². The van der Waals surface area contributed by atoms with Crippen molar-refractivity contribution in [2.45, 2.75) is 50.5 Å². The normalized spacial score (nSPS) is 24.8. The predicted molar refractivity (Wildman–Crippen MR) is 83.6 cm³/mol. The number of nitrogens with zero attached hydrogens (tertiary/aromatic N) is 1. The molecule has 0 saturated carbocycles. The summed E-state index contributed by atoms with van der Waals surface area (Å²) in [6, 6.07) is 3.61. The molecule has 3 N–H and O–H groups in total. The average Bonchev–Trinajstić information content (AvgIpc) is 2.55. The number of aryl methyl sites for hydroxylation is 2. The molecule has 6 heteroatoms. The van der Waals surface area contributed by atoms with Crippen LogP contribution in [0.25, 0.3) is 0 Å². The molecule has 1 aromatic rings. The third-order valence-electron chi connectivity index (χ3n) is 4.23. The van der Waals surface area contributed by atoms with E-state index in [-0.39, 0.29) is 4.90 Å². The molecule has 0 aromatic heterocycles. The van der Waals surface area contributed by atoms with Crippen LogP contribution in [0.3, 0.4) is 0 Å². The van der Waals surface area contributed by atoms with Gasteiger partial charge in [-0.2, -0.15) is 4.31 Å². The van der Waals surface area contributed by atoms with Crippen LogP contribution in [0.5, 0.6) is 0 Å². The van der Waals surface area contributed by atoms with Crippen molar-refractivity contribution in [3.63, 3.8) is 0 Å². The largest absolute Gasteiger partial charge is 0.397 e. The fraction of sp³-hybridized carbons (Fsp3) is 0.600. The lowest BCUT2D eigenvalue weighted by Crippen LogP contribution is -2.34. The fourth-order valence-electron chi connectivity index (χ4n) is 2.76. The molecule has 1 atom stereocenters. The zero-order valence-corrected chi connectivity index (χ0v) is 13.7. The third-order valence-corrected chi connectivity index (χ3v) is 6.33. The minimum absolute atomic E-state index is 0.212. The van der Waals surface area contributed by atoms with Crippen molar-refractivity contribution < 1.29 is 13.5 Å². The number of hydrogen-bond donors (Lipinski definition) is 2. The summed E-state index contributed by atoms with van der Waals surface area (Å²) in [6.45, 7) is 6.07. The van der Waals surface area contributed by atoms with Gasteiger partial charge in [0.15, 0.2) is 0 Å². The Bertz CT molecular complexity index is 639. The summed E-state index contributed by atoms with van der Waals surface area (Å²) in [6.07, 6.45) is 1.70. The number of aliphatic hydroxyl groups is 1. The van der Waals surface area contributed by atoms with Crippen LogP contribution >= 0.6 is 0 Å². The van der Waals surface area contributed by atoms with E-state index in [0.717, 1.165) is 5.56 Å². The van der Waals surface area contributed by atoms with E-state index in [9.17, 15) is 13.5 Å². The molecule has 1 aliphatic rings. The van der Waals surface area contributed by atoms with Crippen LogP contribution in [0.1, 0.15) is 37.3 Å². The monoisotopic (exact) mass is 312 g/mol. The molecule has 0 spiro atoms. The number of anilines is 1. The SMILES string of the molecule is Cc1ccc(C)c(S(=O)(=O)N2CCCC(C)(O)CC2)c1N. The zero-order valence-electron chi connectivity index (χ0n) is 12.9. The first kappa shape index (κ1) is 16.3. The van der Waals surface area contributed by atoms with Crippen LogP contribution in [0.2, 0.25) is 0 Å². The number of benzene rings is 1. The lowest BCUT2D eigenvalue weighted by Gasteiger charge is -2.24. The van der Waals surface area contributed by atoms with Gasteiger partial charge in [-0.15, -0.1) is 0 Å². The van der Waals surface area contributed by atoms with Crippen LogP contribution in [-0.2, 0) is 10.0 Å². The van der Waals surface area contributed by atoms with Crippen LogP contribution in [0.15, 0.2) is 17.0 Å². The van der Waals surface area contributed by atoms with E-state index in [4.69, 9.17) is 5.73 Å². The Morgan fingerprint density at radius 2 is 1.81 bits per heavy atom. The lowest BCUT2D eigenvalue weighted by molar-refractivity contribution is 0.0465. The van der Waals surface area contributed by atoms with Gasteiger partial charge in [-0.25, -0.2) is 8.42 Å². The molecule has 1 fully saturated rings. The minimum atomic E-state index is -3.62. The molecule has 2 rings (SSSR count). The van der Waals surface area contributed by atoms with Crippen molar-refractivity contribution >= 4 is 15.7 Å². The van der Waals surface area contributed by atoms with Crippen molar-refractivity contribution in [3.8, 4) is 0 Å². The zero-order chi connectivity index (χ0) is 15.8. The molecule has 5 nitrogen and oxygen atoms in total. The van der Waals surface area contributed by atoms with Crippen molar-refractivity contribution in [2.75, 3.05) is 18.8 Å². The Morgan fingerprint density at radius 1 is 1.19 bits per heavy atom. The van der Waals surface area contributed by atoms with Crippen LogP contribution < -0.4 is 5.73 Å². The first-order valence-corrected chi connectivity index (χ1v) is 8.67. The molecule has 21 heavy (non-hydrogen) atoms. The highest BCUT2D eigenvalue weighted by Crippen LogP contribution is 2.31. The molecule has 0 bridgehead atoms. The topological polar surface area (TPSA) is 83.6 Å². The molecule has 1 saturated heterocycles. The second-order valence-corrected chi connectivity index (χ2v) is 8.07.